The molecule has 1 amide bonds. The van der Waals surface area contributed by atoms with Gasteiger partial charge in [0.2, 0.25) is 0 Å². The van der Waals surface area contributed by atoms with Crippen LogP contribution in [0.25, 0.3) is 0 Å². The summed E-state index contributed by atoms with van der Waals surface area (Å²) in [7, 11) is 0. The van der Waals surface area contributed by atoms with Crippen LogP contribution in [0.5, 0.6) is 0 Å². The highest BCUT2D eigenvalue weighted by Gasteiger charge is 2.43. The Morgan fingerprint density at radius 3 is 2.67 bits per heavy atom. The van der Waals surface area contributed by atoms with Gasteiger partial charge in [-0.3, -0.25) is 14.9 Å². The van der Waals surface area contributed by atoms with E-state index in [4.69, 9.17) is 0 Å². The first-order valence-electron chi connectivity index (χ1n) is 6.33. The van der Waals surface area contributed by atoms with E-state index in [9.17, 15) is 20.0 Å². The Morgan fingerprint density at radius 1 is 1.24 bits per heavy atom. The van der Waals surface area contributed by atoms with Crippen LogP contribution in [0.2, 0.25) is 0 Å². The van der Waals surface area contributed by atoms with Crippen LogP contribution in [0.1, 0.15) is 27.0 Å². The molecule has 1 atom stereocenters. The average molecular weight is 284 g/mol. The number of hydrogen-bond acceptors (Lipinski definition) is 4. The second-order valence-corrected chi connectivity index (χ2v) is 4.97. The highest BCUT2D eigenvalue weighted by molar-refractivity contribution is 6.00. The minimum Gasteiger partial charge on any atom is -0.363 e. The number of carbonyl (C=O) groups is 1. The largest absolute Gasteiger partial charge is 0.363 e. The Hall–Kier alpha value is -2.73. The van der Waals surface area contributed by atoms with E-state index in [-0.39, 0.29) is 11.3 Å². The minimum atomic E-state index is -1.74. The summed E-state index contributed by atoms with van der Waals surface area (Å²) >= 11 is 0. The van der Waals surface area contributed by atoms with Gasteiger partial charge in [0.1, 0.15) is 0 Å². The molecule has 1 aliphatic heterocycles. The first-order valence-corrected chi connectivity index (χ1v) is 6.33. The van der Waals surface area contributed by atoms with Crippen LogP contribution in [-0.4, -0.2) is 15.9 Å². The maximum Gasteiger partial charge on any atom is 0.272 e. The van der Waals surface area contributed by atoms with Crippen molar-refractivity contribution in [3.05, 3.63) is 74.8 Å². The molecule has 0 spiro atoms. The molecule has 0 aliphatic carbocycles. The predicted molar refractivity (Wildman–Crippen MR) is 74.7 cm³/mol. The van der Waals surface area contributed by atoms with Gasteiger partial charge in [-0.15, -0.1) is 0 Å². The minimum absolute atomic E-state index is 0.0976. The smallest absolute Gasteiger partial charge is 0.272 e. The summed E-state index contributed by atoms with van der Waals surface area (Å²) in [5.74, 6) is -0.406. The number of fused-ring (bicyclic) bond motifs is 1. The lowest BCUT2D eigenvalue weighted by molar-refractivity contribution is -0.385. The van der Waals surface area contributed by atoms with Crippen molar-refractivity contribution in [3.8, 4) is 0 Å². The summed E-state index contributed by atoms with van der Waals surface area (Å²) in [6, 6.07) is 11.0. The van der Waals surface area contributed by atoms with Crippen LogP contribution >= 0.6 is 0 Å². The molecule has 0 saturated heterocycles. The standard InChI is InChI=1S/C15H12N2O4/c1-9-6-7-10(8-13(9)17(20)21)15(19)12-5-3-2-4-11(12)14(18)16-15/h2-8,19H,1H3,(H,16,18). The summed E-state index contributed by atoms with van der Waals surface area (Å²) in [5, 5.41) is 24.4. The van der Waals surface area contributed by atoms with Crippen LogP contribution in [0.3, 0.4) is 0 Å². The van der Waals surface area contributed by atoms with E-state index in [0.29, 0.717) is 16.7 Å². The van der Waals surface area contributed by atoms with E-state index in [1.807, 2.05) is 0 Å². The van der Waals surface area contributed by atoms with Gasteiger partial charge in [-0.25, -0.2) is 0 Å². The molecule has 0 radical (unpaired) electrons. The average Bonchev–Trinajstić information content (AvgIpc) is 2.72. The SMILES string of the molecule is Cc1ccc(C2(O)NC(=O)c3ccccc32)cc1[N+](=O)[O-]. The number of amides is 1. The van der Waals surface area contributed by atoms with Gasteiger partial charge in [0.25, 0.3) is 11.6 Å². The molecular weight excluding hydrogens is 272 g/mol. The summed E-state index contributed by atoms with van der Waals surface area (Å²) in [5.41, 5.74) is -0.328. The Labute approximate surface area is 120 Å². The third-order valence-electron chi connectivity index (χ3n) is 3.68. The van der Waals surface area contributed by atoms with Crippen LogP contribution in [0, 0.1) is 17.0 Å². The Kier molecular flexibility index (Phi) is 2.77. The first-order chi connectivity index (χ1) is 9.93. The van der Waals surface area contributed by atoms with Crippen molar-refractivity contribution in [3.63, 3.8) is 0 Å². The summed E-state index contributed by atoms with van der Waals surface area (Å²) < 4.78 is 0. The van der Waals surface area contributed by atoms with E-state index < -0.39 is 16.6 Å². The van der Waals surface area contributed by atoms with Crippen molar-refractivity contribution in [2.24, 2.45) is 0 Å². The molecule has 0 saturated carbocycles. The fourth-order valence-corrected chi connectivity index (χ4v) is 2.55. The van der Waals surface area contributed by atoms with E-state index in [1.165, 1.54) is 6.07 Å². The van der Waals surface area contributed by atoms with Gasteiger partial charge in [-0.1, -0.05) is 30.3 Å². The number of nitro benzene ring substituents is 1. The van der Waals surface area contributed by atoms with E-state index >= 15 is 0 Å². The zero-order valence-electron chi connectivity index (χ0n) is 11.2. The van der Waals surface area contributed by atoms with Crippen LogP contribution in [0.15, 0.2) is 42.5 Å². The van der Waals surface area contributed by atoms with E-state index in [2.05, 4.69) is 5.32 Å². The molecule has 1 heterocycles. The molecule has 21 heavy (non-hydrogen) atoms. The lowest BCUT2D eigenvalue weighted by atomic mass is 9.93. The maximum atomic E-state index is 11.9. The number of nitrogens with one attached hydrogen (secondary N) is 1. The molecule has 0 aromatic heterocycles. The molecule has 0 bridgehead atoms. The van der Waals surface area contributed by atoms with Gasteiger partial charge in [-0.2, -0.15) is 0 Å². The lowest BCUT2D eigenvalue weighted by Gasteiger charge is -2.24. The van der Waals surface area contributed by atoms with Gasteiger partial charge in [0.05, 0.1) is 4.92 Å². The molecule has 3 rings (SSSR count). The fraction of sp³-hybridized carbons (Fsp3) is 0.133. The second kappa shape index (κ2) is 4.39. The number of nitrogens with zero attached hydrogens (tertiary/aromatic N) is 1. The van der Waals surface area contributed by atoms with Crippen molar-refractivity contribution in [2.75, 3.05) is 0 Å². The maximum absolute atomic E-state index is 11.9. The number of benzene rings is 2. The zero-order valence-corrected chi connectivity index (χ0v) is 11.2. The second-order valence-electron chi connectivity index (χ2n) is 4.97. The monoisotopic (exact) mass is 284 g/mol. The number of hydrogen-bond donors (Lipinski definition) is 2. The zero-order chi connectivity index (χ0) is 15.2. The normalized spacial score (nSPS) is 20.0. The molecule has 2 N–H and O–H groups in total. The summed E-state index contributed by atoms with van der Waals surface area (Å²) in [4.78, 5) is 22.5. The third kappa shape index (κ3) is 1.88. The fourth-order valence-electron chi connectivity index (χ4n) is 2.55. The Balaban J connectivity index is 2.19. The highest BCUT2D eigenvalue weighted by Crippen LogP contribution is 2.36. The highest BCUT2D eigenvalue weighted by atomic mass is 16.6. The molecule has 2 aromatic rings. The van der Waals surface area contributed by atoms with Gasteiger partial charge < -0.3 is 10.4 Å². The number of aliphatic hydroxyl groups is 1. The number of aryl methyl sites for hydroxylation is 1. The van der Waals surface area contributed by atoms with Crippen molar-refractivity contribution < 1.29 is 14.8 Å². The van der Waals surface area contributed by atoms with Crippen molar-refractivity contribution in [1.29, 1.82) is 0 Å². The summed E-state index contributed by atoms with van der Waals surface area (Å²) in [6.07, 6.45) is 0. The third-order valence-corrected chi connectivity index (χ3v) is 3.68. The van der Waals surface area contributed by atoms with Gasteiger partial charge in [0.15, 0.2) is 5.72 Å². The Bertz CT molecular complexity index is 772. The van der Waals surface area contributed by atoms with Crippen molar-refractivity contribution in [1.82, 2.24) is 5.32 Å². The number of nitro groups is 1. The summed E-state index contributed by atoms with van der Waals surface area (Å²) in [6.45, 7) is 1.62. The van der Waals surface area contributed by atoms with Crippen molar-refractivity contribution >= 4 is 11.6 Å². The van der Waals surface area contributed by atoms with Crippen LogP contribution < -0.4 is 5.32 Å². The molecular formula is C15H12N2O4. The van der Waals surface area contributed by atoms with Crippen molar-refractivity contribution in [2.45, 2.75) is 12.6 Å². The molecule has 2 aromatic carbocycles. The molecule has 1 aliphatic rings. The van der Waals surface area contributed by atoms with Gasteiger partial charge in [-0.05, 0) is 13.0 Å². The van der Waals surface area contributed by atoms with Gasteiger partial charge >= 0.3 is 0 Å². The number of rotatable bonds is 2. The molecule has 0 fully saturated rings. The molecule has 106 valence electrons. The topological polar surface area (TPSA) is 92.5 Å². The predicted octanol–water partition coefficient (Wildman–Crippen LogP) is 1.84. The molecule has 6 nitrogen and oxygen atoms in total. The number of carbonyl (C=O) groups excluding carboxylic acids is 1. The Morgan fingerprint density at radius 2 is 1.95 bits per heavy atom. The van der Waals surface area contributed by atoms with E-state index in [0.717, 1.165) is 0 Å². The lowest BCUT2D eigenvalue weighted by Crippen LogP contribution is -2.40. The van der Waals surface area contributed by atoms with E-state index in [1.54, 1.807) is 43.3 Å². The van der Waals surface area contributed by atoms with Crippen LogP contribution in [0.4, 0.5) is 5.69 Å². The molecule has 6 heteroatoms. The first kappa shape index (κ1) is 13.3. The van der Waals surface area contributed by atoms with Crippen LogP contribution in [-0.2, 0) is 5.72 Å². The molecule has 1 unspecified atom stereocenters. The van der Waals surface area contributed by atoms with Gasteiger partial charge in [0, 0.05) is 28.3 Å². The quantitative estimate of drug-likeness (QED) is 0.650.